The standard InChI is InChI=1S/C38H30N4O2/c1-38(2,3)33-23-31(25-14-18-29(19-15-25)36-41-39-34(43-36)27-10-6-4-7-11-27)22-32(24-33)26-16-20-30(21-17-26)37-42-40-35(44-37)28-12-8-5-9-13-28/h4-24H,1-3H3. The molecule has 44 heavy (non-hydrogen) atoms. The largest absolute Gasteiger partial charge is 0.416 e. The van der Waals surface area contributed by atoms with Crippen molar-refractivity contribution in [3.8, 4) is 68.1 Å². The lowest BCUT2D eigenvalue weighted by Gasteiger charge is -2.22. The molecule has 0 aliphatic carbocycles. The molecule has 2 heterocycles. The smallest absolute Gasteiger partial charge is 0.248 e. The number of rotatable bonds is 6. The number of hydrogen-bond donors (Lipinski definition) is 0. The van der Waals surface area contributed by atoms with Crippen LogP contribution in [0.3, 0.4) is 0 Å². The van der Waals surface area contributed by atoms with Crippen molar-refractivity contribution in [2.24, 2.45) is 0 Å². The summed E-state index contributed by atoms with van der Waals surface area (Å²) < 4.78 is 11.9. The van der Waals surface area contributed by atoms with Crippen molar-refractivity contribution in [2.75, 3.05) is 0 Å². The van der Waals surface area contributed by atoms with Gasteiger partial charge in [0, 0.05) is 22.3 Å². The Morgan fingerprint density at radius 3 is 1.02 bits per heavy atom. The molecule has 2 aromatic heterocycles. The van der Waals surface area contributed by atoms with Crippen LogP contribution in [-0.2, 0) is 5.41 Å². The van der Waals surface area contributed by atoms with Crippen molar-refractivity contribution < 1.29 is 8.83 Å². The fourth-order valence-corrected chi connectivity index (χ4v) is 5.08. The number of nitrogens with zero attached hydrogens (tertiary/aromatic N) is 4. The van der Waals surface area contributed by atoms with Crippen molar-refractivity contribution in [3.63, 3.8) is 0 Å². The molecule has 214 valence electrons. The molecule has 7 rings (SSSR count). The Hall–Kier alpha value is -5.62. The average Bonchev–Trinajstić information content (AvgIpc) is 3.77. The third kappa shape index (κ3) is 5.57. The van der Waals surface area contributed by atoms with Crippen LogP contribution >= 0.6 is 0 Å². The number of benzene rings is 5. The minimum Gasteiger partial charge on any atom is -0.416 e. The highest BCUT2D eigenvalue weighted by molar-refractivity contribution is 5.77. The van der Waals surface area contributed by atoms with E-state index < -0.39 is 0 Å². The topological polar surface area (TPSA) is 77.8 Å². The van der Waals surface area contributed by atoms with E-state index in [1.807, 2.05) is 84.9 Å². The van der Waals surface area contributed by atoms with E-state index in [-0.39, 0.29) is 5.41 Å². The van der Waals surface area contributed by atoms with E-state index in [1.54, 1.807) is 0 Å². The Bertz CT molecular complexity index is 1880. The summed E-state index contributed by atoms with van der Waals surface area (Å²) >= 11 is 0. The maximum Gasteiger partial charge on any atom is 0.248 e. The zero-order valence-electron chi connectivity index (χ0n) is 24.7. The van der Waals surface area contributed by atoms with Gasteiger partial charge in [-0.3, -0.25) is 0 Å². The SMILES string of the molecule is CC(C)(C)c1cc(-c2ccc(-c3nnc(-c4ccccc4)o3)cc2)cc(-c2ccc(-c3nnc(-c4ccccc4)o3)cc2)c1. The second-order valence-corrected chi connectivity index (χ2v) is 11.8. The highest BCUT2D eigenvalue weighted by Crippen LogP contribution is 2.35. The van der Waals surface area contributed by atoms with Crippen molar-refractivity contribution in [1.82, 2.24) is 20.4 Å². The lowest BCUT2D eigenvalue weighted by molar-refractivity contribution is 0.584. The zero-order valence-corrected chi connectivity index (χ0v) is 24.7. The van der Waals surface area contributed by atoms with Crippen LogP contribution in [0.15, 0.2) is 136 Å². The van der Waals surface area contributed by atoms with E-state index >= 15 is 0 Å². The van der Waals surface area contributed by atoms with Crippen LogP contribution in [0.25, 0.3) is 68.1 Å². The molecule has 7 aromatic rings. The van der Waals surface area contributed by atoms with Crippen molar-refractivity contribution in [3.05, 3.63) is 133 Å². The molecule has 0 spiro atoms. The van der Waals surface area contributed by atoms with Crippen molar-refractivity contribution in [1.29, 1.82) is 0 Å². The number of hydrogen-bond acceptors (Lipinski definition) is 6. The van der Waals surface area contributed by atoms with Crippen molar-refractivity contribution >= 4 is 0 Å². The second kappa shape index (κ2) is 11.2. The monoisotopic (exact) mass is 574 g/mol. The maximum absolute atomic E-state index is 5.97. The van der Waals surface area contributed by atoms with E-state index in [2.05, 4.69) is 83.6 Å². The molecule has 0 amide bonds. The quantitative estimate of drug-likeness (QED) is 0.197. The first-order chi connectivity index (χ1) is 21.4. The van der Waals surface area contributed by atoms with Gasteiger partial charge in [0.1, 0.15) is 0 Å². The highest BCUT2D eigenvalue weighted by Gasteiger charge is 2.18. The predicted octanol–water partition coefficient (Wildman–Crippen LogP) is 9.75. The predicted molar refractivity (Wildman–Crippen MR) is 173 cm³/mol. The van der Waals surface area contributed by atoms with Gasteiger partial charge in [0.05, 0.1) is 0 Å². The van der Waals surface area contributed by atoms with Crippen LogP contribution in [0.5, 0.6) is 0 Å². The summed E-state index contributed by atoms with van der Waals surface area (Å²) in [6.07, 6.45) is 0. The van der Waals surface area contributed by atoms with Gasteiger partial charge >= 0.3 is 0 Å². The van der Waals surface area contributed by atoms with Gasteiger partial charge in [-0.2, -0.15) is 0 Å². The maximum atomic E-state index is 5.97. The molecule has 6 nitrogen and oxygen atoms in total. The van der Waals surface area contributed by atoms with Gasteiger partial charge in [-0.1, -0.05) is 93.6 Å². The Balaban J connectivity index is 1.17. The molecule has 6 heteroatoms. The van der Waals surface area contributed by atoms with Crippen LogP contribution < -0.4 is 0 Å². The molecule has 0 N–H and O–H groups in total. The minimum atomic E-state index is -0.0279. The van der Waals surface area contributed by atoms with E-state index in [0.29, 0.717) is 23.6 Å². The average molecular weight is 575 g/mol. The normalized spacial score (nSPS) is 11.5. The van der Waals surface area contributed by atoms with Crippen LogP contribution in [0, 0.1) is 0 Å². The Kier molecular flexibility index (Phi) is 6.95. The molecule has 0 saturated heterocycles. The van der Waals surface area contributed by atoms with Crippen LogP contribution in [0.4, 0.5) is 0 Å². The zero-order chi connectivity index (χ0) is 30.1. The van der Waals surface area contributed by atoms with Crippen LogP contribution in [-0.4, -0.2) is 20.4 Å². The fraction of sp³-hybridized carbons (Fsp3) is 0.105. The lowest BCUT2D eigenvalue weighted by atomic mass is 9.83. The summed E-state index contributed by atoms with van der Waals surface area (Å²) in [7, 11) is 0. The highest BCUT2D eigenvalue weighted by atomic mass is 16.4. The Labute approximate surface area is 256 Å². The second-order valence-electron chi connectivity index (χ2n) is 11.8. The van der Waals surface area contributed by atoms with Gasteiger partial charge in [0.15, 0.2) is 0 Å². The molecule has 0 saturated carbocycles. The molecule has 0 aliphatic rings. The van der Waals surface area contributed by atoms with Gasteiger partial charge in [-0.05, 0) is 87.8 Å². The first-order valence-corrected chi connectivity index (χ1v) is 14.6. The van der Waals surface area contributed by atoms with Crippen LogP contribution in [0.1, 0.15) is 26.3 Å². The molecule has 0 radical (unpaired) electrons. The van der Waals surface area contributed by atoms with E-state index in [0.717, 1.165) is 44.5 Å². The first-order valence-electron chi connectivity index (χ1n) is 14.6. The van der Waals surface area contributed by atoms with E-state index in [1.165, 1.54) is 5.56 Å². The Morgan fingerprint density at radius 1 is 0.364 bits per heavy atom. The van der Waals surface area contributed by atoms with Gasteiger partial charge < -0.3 is 8.83 Å². The van der Waals surface area contributed by atoms with Gasteiger partial charge in [0.25, 0.3) is 0 Å². The van der Waals surface area contributed by atoms with E-state index in [4.69, 9.17) is 8.83 Å². The molecule has 0 aliphatic heterocycles. The minimum absolute atomic E-state index is 0.0279. The van der Waals surface area contributed by atoms with Gasteiger partial charge in [0.2, 0.25) is 23.6 Å². The summed E-state index contributed by atoms with van der Waals surface area (Å²) in [6, 6.07) is 42.9. The van der Waals surface area contributed by atoms with E-state index in [9.17, 15) is 0 Å². The fourth-order valence-electron chi connectivity index (χ4n) is 5.08. The summed E-state index contributed by atoms with van der Waals surface area (Å²) in [5.41, 5.74) is 9.29. The summed E-state index contributed by atoms with van der Waals surface area (Å²) in [5, 5.41) is 17.0. The third-order valence-electron chi connectivity index (χ3n) is 7.62. The summed E-state index contributed by atoms with van der Waals surface area (Å²) in [5.74, 6) is 2.01. The number of aromatic nitrogens is 4. The summed E-state index contributed by atoms with van der Waals surface area (Å²) in [6.45, 7) is 6.71. The molecule has 5 aromatic carbocycles. The molecule has 0 fully saturated rings. The Morgan fingerprint density at radius 2 is 0.682 bits per heavy atom. The third-order valence-corrected chi connectivity index (χ3v) is 7.62. The van der Waals surface area contributed by atoms with Crippen molar-refractivity contribution in [2.45, 2.75) is 26.2 Å². The first kappa shape index (κ1) is 27.2. The van der Waals surface area contributed by atoms with Gasteiger partial charge in [-0.25, -0.2) is 0 Å². The summed E-state index contributed by atoms with van der Waals surface area (Å²) in [4.78, 5) is 0. The molecule has 0 bridgehead atoms. The molecule has 0 atom stereocenters. The van der Waals surface area contributed by atoms with Crippen LogP contribution in [0.2, 0.25) is 0 Å². The molecular formula is C38H30N4O2. The lowest BCUT2D eigenvalue weighted by Crippen LogP contribution is -2.11. The van der Waals surface area contributed by atoms with Gasteiger partial charge in [-0.15, -0.1) is 20.4 Å². The molecular weight excluding hydrogens is 544 g/mol. The molecule has 0 unspecified atom stereocenters.